The molecule has 0 aliphatic rings. The minimum Gasteiger partial charge on any atom is -0.459 e. The maximum absolute atomic E-state index is 13.3. The zero-order valence-electron chi connectivity index (χ0n) is 12.5. The minimum absolute atomic E-state index is 0.0246. The van der Waals surface area contributed by atoms with Crippen molar-refractivity contribution in [2.24, 2.45) is 0 Å². The molecule has 1 aromatic rings. The molecule has 1 aromatic carbocycles. The Balaban J connectivity index is 3.14. The van der Waals surface area contributed by atoms with Gasteiger partial charge >= 0.3 is 17.8 Å². The number of nitro benzene ring substituents is 1. The van der Waals surface area contributed by atoms with Crippen molar-refractivity contribution in [2.45, 2.75) is 32.5 Å². The highest BCUT2D eigenvalue weighted by molar-refractivity contribution is 5.77. The van der Waals surface area contributed by atoms with Crippen molar-refractivity contribution in [1.82, 2.24) is 0 Å². The van der Waals surface area contributed by atoms with Gasteiger partial charge in [-0.2, -0.15) is 13.2 Å². The summed E-state index contributed by atoms with van der Waals surface area (Å²) in [6.07, 6.45) is -5.12. The van der Waals surface area contributed by atoms with Gasteiger partial charge < -0.3 is 10.1 Å². The normalized spacial score (nSPS) is 12.0. The second-order valence-electron chi connectivity index (χ2n) is 5.54. The van der Waals surface area contributed by atoms with Gasteiger partial charge in [-0.05, 0) is 26.8 Å². The Morgan fingerprint density at radius 3 is 2.30 bits per heavy atom. The summed E-state index contributed by atoms with van der Waals surface area (Å²) in [6, 6.07) is 0.536. The topological polar surface area (TPSA) is 81.5 Å². The van der Waals surface area contributed by atoms with Crippen LogP contribution in [-0.4, -0.2) is 23.0 Å². The van der Waals surface area contributed by atoms with E-state index in [-0.39, 0.29) is 6.07 Å². The molecule has 0 amide bonds. The zero-order valence-corrected chi connectivity index (χ0v) is 12.5. The van der Waals surface area contributed by atoms with Crippen LogP contribution in [0, 0.1) is 15.9 Å². The molecule has 0 fully saturated rings. The standard InChI is InChI=1S/C13H14F4N2O4/c1-12(2,3)23-10(20)6-18-9-5-7(14)4-8(13(15,16)17)11(9)19(21)22/h4-5,18H,6H2,1-3H3. The highest BCUT2D eigenvalue weighted by atomic mass is 19.4. The van der Waals surface area contributed by atoms with Crippen LogP contribution in [0.15, 0.2) is 12.1 Å². The molecule has 0 aliphatic heterocycles. The highest BCUT2D eigenvalue weighted by Gasteiger charge is 2.40. The molecule has 0 radical (unpaired) electrons. The smallest absolute Gasteiger partial charge is 0.423 e. The third-order valence-electron chi connectivity index (χ3n) is 2.41. The van der Waals surface area contributed by atoms with Crippen molar-refractivity contribution in [1.29, 1.82) is 0 Å². The first-order valence-corrected chi connectivity index (χ1v) is 6.32. The first-order valence-electron chi connectivity index (χ1n) is 6.32. The average molecular weight is 338 g/mol. The lowest BCUT2D eigenvalue weighted by Crippen LogP contribution is -2.28. The van der Waals surface area contributed by atoms with Crippen molar-refractivity contribution in [2.75, 3.05) is 11.9 Å². The van der Waals surface area contributed by atoms with E-state index in [4.69, 9.17) is 4.74 Å². The monoisotopic (exact) mass is 338 g/mol. The summed E-state index contributed by atoms with van der Waals surface area (Å²) in [4.78, 5) is 21.1. The van der Waals surface area contributed by atoms with Crippen LogP contribution < -0.4 is 5.32 Å². The largest absolute Gasteiger partial charge is 0.459 e. The van der Waals surface area contributed by atoms with Crippen molar-refractivity contribution in [3.8, 4) is 0 Å². The number of benzene rings is 1. The number of hydrogen-bond acceptors (Lipinski definition) is 5. The number of rotatable bonds is 4. The van der Waals surface area contributed by atoms with Crippen molar-refractivity contribution in [3.05, 3.63) is 33.6 Å². The number of hydrogen-bond donors (Lipinski definition) is 1. The van der Waals surface area contributed by atoms with Crippen LogP contribution in [-0.2, 0) is 15.7 Å². The Morgan fingerprint density at radius 2 is 1.87 bits per heavy atom. The molecule has 23 heavy (non-hydrogen) atoms. The molecular weight excluding hydrogens is 324 g/mol. The summed E-state index contributed by atoms with van der Waals surface area (Å²) >= 11 is 0. The molecule has 0 aliphatic carbocycles. The maximum Gasteiger partial charge on any atom is 0.423 e. The lowest BCUT2D eigenvalue weighted by Gasteiger charge is -2.20. The van der Waals surface area contributed by atoms with E-state index in [2.05, 4.69) is 5.32 Å². The number of carbonyl (C=O) groups is 1. The van der Waals surface area contributed by atoms with Gasteiger partial charge in [0.25, 0.3) is 0 Å². The van der Waals surface area contributed by atoms with Gasteiger partial charge in [-0.15, -0.1) is 0 Å². The molecule has 0 spiro atoms. The van der Waals surface area contributed by atoms with Gasteiger partial charge in [-0.3, -0.25) is 14.9 Å². The number of nitrogens with one attached hydrogen (secondary N) is 1. The fraction of sp³-hybridized carbons (Fsp3) is 0.462. The third-order valence-corrected chi connectivity index (χ3v) is 2.41. The number of esters is 1. The van der Waals surface area contributed by atoms with E-state index in [9.17, 15) is 32.5 Å². The van der Waals surface area contributed by atoms with Gasteiger partial charge in [0.15, 0.2) is 0 Å². The second-order valence-corrected chi connectivity index (χ2v) is 5.54. The fourth-order valence-corrected chi connectivity index (χ4v) is 1.69. The molecule has 0 aromatic heterocycles. The summed E-state index contributed by atoms with van der Waals surface area (Å²) in [5.41, 5.74) is -4.70. The van der Waals surface area contributed by atoms with Gasteiger partial charge in [0.05, 0.1) is 4.92 Å². The summed E-state index contributed by atoms with van der Waals surface area (Å²) in [5.74, 6) is -2.18. The molecule has 0 heterocycles. The Bertz CT molecular complexity index is 624. The molecule has 128 valence electrons. The molecule has 0 atom stereocenters. The van der Waals surface area contributed by atoms with Crippen LogP contribution in [0.5, 0.6) is 0 Å². The number of nitro groups is 1. The molecular formula is C13H14F4N2O4. The average Bonchev–Trinajstić information content (AvgIpc) is 2.31. The highest BCUT2D eigenvalue weighted by Crippen LogP contribution is 2.40. The Morgan fingerprint density at radius 1 is 1.30 bits per heavy atom. The van der Waals surface area contributed by atoms with Crippen LogP contribution in [0.1, 0.15) is 26.3 Å². The molecule has 6 nitrogen and oxygen atoms in total. The van der Waals surface area contributed by atoms with Crippen molar-refractivity contribution >= 4 is 17.3 Å². The van der Waals surface area contributed by atoms with Crippen LogP contribution >= 0.6 is 0 Å². The summed E-state index contributed by atoms with van der Waals surface area (Å²) in [6.45, 7) is 4.05. The molecule has 0 bridgehead atoms. The quantitative estimate of drug-likeness (QED) is 0.393. The predicted molar refractivity (Wildman–Crippen MR) is 72.4 cm³/mol. The SMILES string of the molecule is CC(C)(C)OC(=O)CNc1cc(F)cc(C(F)(F)F)c1[N+](=O)[O-]. The number of alkyl halides is 3. The van der Waals surface area contributed by atoms with Gasteiger partial charge in [-0.1, -0.05) is 0 Å². The minimum atomic E-state index is -5.12. The lowest BCUT2D eigenvalue weighted by molar-refractivity contribution is -0.387. The first-order chi connectivity index (χ1) is 10.3. The van der Waals surface area contributed by atoms with E-state index in [0.717, 1.165) is 0 Å². The Kier molecular flexibility index (Phi) is 5.18. The number of ether oxygens (including phenoxy) is 1. The van der Waals surface area contributed by atoms with E-state index >= 15 is 0 Å². The number of anilines is 1. The van der Waals surface area contributed by atoms with E-state index < -0.39 is 52.0 Å². The second kappa shape index (κ2) is 6.39. The lowest BCUT2D eigenvalue weighted by atomic mass is 10.1. The van der Waals surface area contributed by atoms with Crippen molar-refractivity contribution < 1.29 is 32.0 Å². The van der Waals surface area contributed by atoms with Crippen LogP contribution in [0.2, 0.25) is 0 Å². The van der Waals surface area contributed by atoms with Crippen LogP contribution in [0.25, 0.3) is 0 Å². The Hall–Kier alpha value is -2.39. The van der Waals surface area contributed by atoms with Crippen LogP contribution in [0.4, 0.5) is 28.9 Å². The predicted octanol–water partition coefficient (Wildman–Crippen LogP) is 3.51. The van der Waals surface area contributed by atoms with E-state index in [1.165, 1.54) is 0 Å². The molecule has 0 saturated heterocycles. The van der Waals surface area contributed by atoms with Gasteiger partial charge in [0.2, 0.25) is 0 Å². The summed E-state index contributed by atoms with van der Waals surface area (Å²) < 4.78 is 56.6. The van der Waals surface area contributed by atoms with E-state index in [0.29, 0.717) is 6.07 Å². The first kappa shape index (κ1) is 18.7. The molecule has 1 N–H and O–H groups in total. The maximum atomic E-state index is 13.3. The van der Waals surface area contributed by atoms with E-state index in [1.54, 1.807) is 20.8 Å². The number of nitrogens with zero attached hydrogens (tertiary/aromatic N) is 1. The van der Waals surface area contributed by atoms with Gasteiger partial charge in [0.1, 0.15) is 29.2 Å². The van der Waals surface area contributed by atoms with Gasteiger partial charge in [0, 0.05) is 6.07 Å². The zero-order chi connectivity index (χ0) is 18.0. The number of halogens is 4. The molecule has 10 heteroatoms. The summed E-state index contributed by atoms with van der Waals surface area (Å²) in [7, 11) is 0. The van der Waals surface area contributed by atoms with E-state index in [1.807, 2.05) is 0 Å². The Labute approximate surface area is 128 Å². The van der Waals surface area contributed by atoms with Crippen LogP contribution in [0.3, 0.4) is 0 Å². The van der Waals surface area contributed by atoms with Gasteiger partial charge in [-0.25, -0.2) is 4.39 Å². The molecule has 1 rings (SSSR count). The third kappa shape index (κ3) is 5.38. The fourth-order valence-electron chi connectivity index (χ4n) is 1.69. The molecule has 0 unspecified atom stereocenters. The summed E-state index contributed by atoms with van der Waals surface area (Å²) in [5, 5.41) is 13.0. The number of carbonyl (C=O) groups excluding carboxylic acids is 1. The molecule has 0 saturated carbocycles. The van der Waals surface area contributed by atoms with Crippen molar-refractivity contribution in [3.63, 3.8) is 0 Å².